The van der Waals surface area contributed by atoms with Gasteiger partial charge in [0, 0.05) is 17.1 Å². The van der Waals surface area contributed by atoms with Crippen LogP contribution in [0, 0.1) is 6.92 Å². The maximum atomic E-state index is 12.0. The van der Waals surface area contributed by atoms with Gasteiger partial charge in [0.05, 0.1) is 11.5 Å². The number of amides is 1. The van der Waals surface area contributed by atoms with Crippen molar-refractivity contribution in [3.05, 3.63) is 33.8 Å². The largest absolute Gasteiger partial charge is 0.392 e. The molecule has 3 nitrogen and oxygen atoms in total. The van der Waals surface area contributed by atoms with E-state index < -0.39 is 0 Å². The van der Waals surface area contributed by atoms with Gasteiger partial charge in [-0.3, -0.25) is 4.79 Å². The smallest absolute Gasteiger partial charge is 0.254 e. The second kappa shape index (κ2) is 5.41. The van der Waals surface area contributed by atoms with Crippen LogP contribution in [0.4, 0.5) is 0 Å². The predicted molar refractivity (Wildman–Crippen MR) is 72.6 cm³/mol. The van der Waals surface area contributed by atoms with E-state index in [-0.39, 0.29) is 5.91 Å². The number of hydrogen-bond acceptors (Lipinski definition) is 2. The number of nitrogens with zero attached hydrogens (tertiary/aromatic N) is 1. The number of carbonyl (C=O) groups excluding carboxylic acids is 1. The molecule has 2 N–H and O–H groups in total. The number of likely N-dealkylation sites (N-methyl/N-ethyl adjacent to an activating group) is 1. The molecular formula is C11H13BrN2OS. The first-order valence-electron chi connectivity index (χ1n) is 4.71. The lowest BCUT2D eigenvalue weighted by Gasteiger charge is -2.16. The molecule has 0 unspecified atom stereocenters. The third-order valence-corrected chi connectivity index (χ3v) is 2.62. The first-order chi connectivity index (χ1) is 7.40. The Labute approximate surface area is 109 Å². The standard InChI is InChI=1S/C11H13BrN2OS/c1-7-3-8(5-9(12)4-7)11(15)14(2)6-10(13)16/h3-5H,6H2,1-2H3,(H2,13,16). The average molecular weight is 301 g/mol. The molecule has 1 aromatic rings. The van der Waals surface area contributed by atoms with E-state index in [1.165, 1.54) is 4.90 Å². The lowest BCUT2D eigenvalue weighted by Crippen LogP contribution is -2.34. The van der Waals surface area contributed by atoms with Gasteiger partial charge in [0.2, 0.25) is 0 Å². The molecule has 0 aromatic heterocycles. The van der Waals surface area contributed by atoms with Crippen LogP contribution in [0.1, 0.15) is 15.9 Å². The van der Waals surface area contributed by atoms with Crippen molar-refractivity contribution in [1.29, 1.82) is 0 Å². The fourth-order valence-electron chi connectivity index (χ4n) is 1.39. The summed E-state index contributed by atoms with van der Waals surface area (Å²) >= 11 is 8.13. The molecule has 0 aliphatic carbocycles. The van der Waals surface area contributed by atoms with E-state index in [2.05, 4.69) is 15.9 Å². The number of aryl methyl sites for hydroxylation is 1. The highest BCUT2D eigenvalue weighted by atomic mass is 79.9. The van der Waals surface area contributed by atoms with Gasteiger partial charge in [-0.2, -0.15) is 0 Å². The van der Waals surface area contributed by atoms with E-state index in [0.29, 0.717) is 17.1 Å². The van der Waals surface area contributed by atoms with Gasteiger partial charge in [-0.25, -0.2) is 0 Å². The van der Waals surface area contributed by atoms with Crippen molar-refractivity contribution in [2.24, 2.45) is 5.73 Å². The van der Waals surface area contributed by atoms with Crippen molar-refractivity contribution in [3.8, 4) is 0 Å². The summed E-state index contributed by atoms with van der Waals surface area (Å²) in [6.45, 7) is 2.23. The van der Waals surface area contributed by atoms with Crippen molar-refractivity contribution in [1.82, 2.24) is 4.90 Å². The van der Waals surface area contributed by atoms with Crippen LogP contribution in [0.25, 0.3) is 0 Å². The number of benzene rings is 1. The van der Waals surface area contributed by atoms with Crippen LogP contribution >= 0.6 is 28.1 Å². The second-order valence-electron chi connectivity index (χ2n) is 3.64. The average Bonchev–Trinajstić information content (AvgIpc) is 2.13. The van der Waals surface area contributed by atoms with Gasteiger partial charge in [-0.1, -0.05) is 28.1 Å². The highest BCUT2D eigenvalue weighted by Gasteiger charge is 2.12. The summed E-state index contributed by atoms with van der Waals surface area (Å²) in [5.41, 5.74) is 7.06. The van der Waals surface area contributed by atoms with Gasteiger partial charge >= 0.3 is 0 Å². The van der Waals surface area contributed by atoms with E-state index >= 15 is 0 Å². The van der Waals surface area contributed by atoms with Crippen LogP contribution in [0.2, 0.25) is 0 Å². The normalized spacial score (nSPS) is 9.94. The molecule has 0 saturated carbocycles. The third kappa shape index (κ3) is 3.57. The van der Waals surface area contributed by atoms with Gasteiger partial charge < -0.3 is 10.6 Å². The number of hydrogen-bond donors (Lipinski definition) is 1. The fourth-order valence-corrected chi connectivity index (χ4v) is 2.19. The molecule has 0 radical (unpaired) electrons. The molecule has 0 aliphatic heterocycles. The molecule has 0 heterocycles. The molecule has 0 spiro atoms. The number of thiocarbonyl (C=S) groups is 1. The number of carbonyl (C=O) groups is 1. The molecule has 1 rings (SSSR count). The van der Waals surface area contributed by atoms with Gasteiger partial charge in [-0.05, 0) is 30.7 Å². The van der Waals surface area contributed by atoms with Gasteiger partial charge in [0.1, 0.15) is 0 Å². The molecule has 5 heteroatoms. The summed E-state index contributed by atoms with van der Waals surface area (Å²) < 4.78 is 0.888. The lowest BCUT2D eigenvalue weighted by atomic mass is 10.1. The summed E-state index contributed by atoms with van der Waals surface area (Å²) in [7, 11) is 1.68. The maximum absolute atomic E-state index is 12.0. The summed E-state index contributed by atoms with van der Waals surface area (Å²) in [6.07, 6.45) is 0. The van der Waals surface area contributed by atoms with Crippen molar-refractivity contribution in [3.63, 3.8) is 0 Å². The van der Waals surface area contributed by atoms with E-state index in [9.17, 15) is 4.79 Å². The molecule has 1 amide bonds. The van der Waals surface area contributed by atoms with Crippen molar-refractivity contribution in [2.45, 2.75) is 6.92 Å². The molecule has 1 aromatic carbocycles. The van der Waals surface area contributed by atoms with Crippen molar-refractivity contribution in [2.75, 3.05) is 13.6 Å². The van der Waals surface area contributed by atoms with Gasteiger partial charge in [0.15, 0.2) is 0 Å². The Morgan fingerprint density at radius 2 is 2.12 bits per heavy atom. The highest BCUT2D eigenvalue weighted by Crippen LogP contribution is 2.16. The SMILES string of the molecule is Cc1cc(Br)cc(C(=O)N(C)CC(N)=S)c1. The molecule has 0 atom stereocenters. The zero-order valence-corrected chi connectivity index (χ0v) is 11.6. The Morgan fingerprint density at radius 1 is 1.50 bits per heavy atom. The van der Waals surface area contributed by atoms with Crippen molar-refractivity contribution >= 4 is 39.0 Å². The van der Waals surface area contributed by atoms with Crippen LogP contribution in [-0.4, -0.2) is 29.4 Å². The van der Waals surface area contributed by atoms with Crippen LogP contribution in [0.3, 0.4) is 0 Å². The molecule has 16 heavy (non-hydrogen) atoms. The number of rotatable bonds is 3. The van der Waals surface area contributed by atoms with E-state index in [1.807, 2.05) is 19.1 Å². The molecule has 86 valence electrons. The summed E-state index contributed by atoms with van der Waals surface area (Å²) in [6, 6.07) is 5.57. The molecule has 0 aliphatic rings. The zero-order valence-electron chi connectivity index (χ0n) is 9.16. The summed E-state index contributed by atoms with van der Waals surface area (Å²) in [4.78, 5) is 13.8. The van der Waals surface area contributed by atoms with Gasteiger partial charge in [0.25, 0.3) is 5.91 Å². The second-order valence-corrected chi connectivity index (χ2v) is 5.08. The first kappa shape index (κ1) is 13.1. The Balaban J connectivity index is 2.91. The van der Waals surface area contributed by atoms with E-state index in [4.69, 9.17) is 18.0 Å². The molecule has 0 bridgehead atoms. The minimum atomic E-state index is -0.0859. The minimum Gasteiger partial charge on any atom is -0.392 e. The van der Waals surface area contributed by atoms with Crippen LogP contribution in [0.5, 0.6) is 0 Å². The monoisotopic (exact) mass is 300 g/mol. The third-order valence-electron chi connectivity index (χ3n) is 2.03. The van der Waals surface area contributed by atoms with Gasteiger partial charge in [-0.15, -0.1) is 0 Å². The van der Waals surface area contributed by atoms with Crippen molar-refractivity contribution < 1.29 is 4.79 Å². The summed E-state index contributed by atoms with van der Waals surface area (Å²) in [5.74, 6) is -0.0859. The Hall–Kier alpha value is -0.940. The maximum Gasteiger partial charge on any atom is 0.254 e. The lowest BCUT2D eigenvalue weighted by molar-refractivity contribution is 0.0815. The van der Waals surface area contributed by atoms with Crippen LogP contribution in [-0.2, 0) is 0 Å². The van der Waals surface area contributed by atoms with E-state index in [1.54, 1.807) is 13.1 Å². The molecular weight excluding hydrogens is 288 g/mol. The molecule has 0 fully saturated rings. The Kier molecular flexibility index (Phi) is 4.44. The van der Waals surface area contributed by atoms with E-state index in [0.717, 1.165) is 10.0 Å². The predicted octanol–water partition coefficient (Wildman–Crippen LogP) is 2.12. The topological polar surface area (TPSA) is 46.3 Å². The Morgan fingerprint density at radius 3 is 2.62 bits per heavy atom. The first-order valence-corrected chi connectivity index (χ1v) is 5.91. The fraction of sp³-hybridized carbons (Fsp3) is 0.273. The number of nitrogens with two attached hydrogens (primary N) is 1. The molecule has 0 saturated heterocycles. The zero-order chi connectivity index (χ0) is 12.3. The van der Waals surface area contributed by atoms with Crippen LogP contribution in [0.15, 0.2) is 22.7 Å². The van der Waals surface area contributed by atoms with Crippen LogP contribution < -0.4 is 5.73 Å². The quantitative estimate of drug-likeness (QED) is 0.870. The minimum absolute atomic E-state index is 0.0859. The highest BCUT2D eigenvalue weighted by molar-refractivity contribution is 9.10. The Bertz CT molecular complexity index is 414. The number of halogens is 1. The summed E-state index contributed by atoms with van der Waals surface area (Å²) in [5, 5.41) is 0.